The van der Waals surface area contributed by atoms with Crippen LogP contribution in [0, 0.1) is 6.92 Å². The third-order valence-electron chi connectivity index (χ3n) is 2.83. The zero-order chi connectivity index (χ0) is 15.8. The van der Waals surface area contributed by atoms with E-state index in [1.807, 2.05) is 0 Å². The molecule has 2 rings (SSSR count). The highest BCUT2D eigenvalue weighted by Crippen LogP contribution is 2.33. The molecule has 0 unspecified atom stereocenters. The Morgan fingerprint density at radius 1 is 1.14 bits per heavy atom. The van der Waals surface area contributed by atoms with Crippen molar-refractivity contribution in [2.45, 2.75) is 11.8 Å². The van der Waals surface area contributed by atoms with E-state index in [0.29, 0.717) is 5.69 Å². The van der Waals surface area contributed by atoms with Crippen LogP contribution < -0.4 is 15.0 Å². The lowest BCUT2D eigenvalue weighted by atomic mass is 10.2. The van der Waals surface area contributed by atoms with Gasteiger partial charge in [-0.25, -0.2) is 4.68 Å². The van der Waals surface area contributed by atoms with Crippen molar-refractivity contribution in [2.75, 3.05) is 14.2 Å². The average molecular weight is 314 g/mol. The summed E-state index contributed by atoms with van der Waals surface area (Å²) in [5, 5.41) is 2.80. The topological polar surface area (TPSA) is 111 Å². The van der Waals surface area contributed by atoms with Crippen LogP contribution >= 0.6 is 0 Å². The lowest BCUT2D eigenvalue weighted by Crippen LogP contribution is -2.15. The van der Waals surface area contributed by atoms with Crippen LogP contribution in [0.5, 0.6) is 11.5 Å². The maximum Gasteiger partial charge on any atom is 0.298 e. The summed E-state index contributed by atoms with van der Waals surface area (Å²) in [6, 6.07) is 3.76. The molecule has 0 aliphatic rings. The molecular weight excluding hydrogens is 300 g/mol. The number of aryl methyl sites for hydroxylation is 1. The predicted molar refractivity (Wildman–Crippen MR) is 74.0 cm³/mol. The van der Waals surface area contributed by atoms with E-state index in [0.717, 1.165) is 6.07 Å². The maximum atomic E-state index is 11.9. The minimum atomic E-state index is -4.48. The van der Waals surface area contributed by atoms with Crippen LogP contribution in [0.3, 0.4) is 0 Å². The molecular formula is C12H14N2O6S. The standard InChI is InChI=1S/C12H14N2O6S/c1-7-4-12(15)14(13-7)8-5-10(20-3)11(21(16,17)18)6-9(8)19-2/h4-6,13H,1-3H3,(H,16,17,18). The minimum Gasteiger partial charge on any atom is -0.495 e. The van der Waals surface area contributed by atoms with Gasteiger partial charge in [0.1, 0.15) is 22.1 Å². The van der Waals surface area contributed by atoms with Crippen LogP contribution in [-0.4, -0.2) is 37.0 Å². The third-order valence-corrected chi connectivity index (χ3v) is 3.71. The van der Waals surface area contributed by atoms with Crippen molar-refractivity contribution in [1.82, 2.24) is 9.78 Å². The molecule has 1 aromatic carbocycles. The summed E-state index contributed by atoms with van der Waals surface area (Å²) in [5.74, 6) is -0.0140. The number of ether oxygens (including phenoxy) is 2. The van der Waals surface area contributed by atoms with Gasteiger partial charge in [-0.2, -0.15) is 8.42 Å². The second-order valence-electron chi connectivity index (χ2n) is 4.26. The van der Waals surface area contributed by atoms with Crippen LogP contribution in [0.2, 0.25) is 0 Å². The zero-order valence-corrected chi connectivity index (χ0v) is 12.4. The largest absolute Gasteiger partial charge is 0.495 e. The van der Waals surface area contributed by atoms with Gasteiger partial charge < -0.3 is 9.47 Å². The molecule has 2 aromatic rings. The fraction of sp³-hybridized carbons (Fsp3) is 0.250. The minimum absolute atomic E-state index is 0.0902. The van der Waals surface area contributed by atoms with Crippen molar-refractivity contribution < 1.29 is 22.4 Å². The van der Waals surface area contributed by atoms with E-state index >= 15 is 0 Å². The molecule has 1 heterocycles. The average Bonchev–Trinajstić information content (AvgIpc) is 2.74. The highest BCUT2D eigenvalue weighted by molar-refractivity contribution is 7.86. The van der Waals surface area contributed by atoms with E-state index in [9.17, 15) is 17.8 Å². The summed E-state index contributed by atoms with van der Waals surface area (Å²) in [6.45, 7) is 1.70. The van der Waals surface area contributed by atoms with Gasteiger partial charge in [0.2, 0.25) is 0 Å². The molecule has 1 aromatic heterocycles. The Morgan fingerprint density at radius 2 is 1.76 bits per heavy atom. The van der Waals surface area contributed by atoms with Crippen LogP contribution in [0.25, 0.3) is 5.69 Å². The summed E-state index contributed by atoms with van der Waals surface area (Å²) in [6.07, 6.45) is 0. The molecule has 0 saturated carbocycles. The highest BCUT2D eigenvalue weighted by atomic mass is 32.2. The van der Waals surface area contributed by atoms with E-state index in [1.54, 1.807) is 6.92 Å². The summed E-state index contributed by atoms with van der Waals surface area (Å²) in [5.41, 5.74) is 0.548. The number of hydrogen-bond donors (Lipinski definition) is 2. The van der Waals surface area contributed by atoms with Gasteiger partial charge in [-0.05, 0) is 6.92 Å². The Morgan fingerprint density at radius 3 is 2.19 bits per heavy atom. The van der Waals surface area contributed by atoms with E-state index in [-0.39, 0.29) is 22.7 Å². The van der Waals surface area contributed by atoms with Gasteiger partial charge in [0.05, 0.1) is 14.2 Å². The number of aromatic amines is 1. The fourth-order valence-corrected chi connectivity index (χ4v) is 2.57. The number of nitrogens with zero attached hydrogens (tertiary/aromatic N) is 1. The van der Waals surface area contributed by atoms with Crippen molar-refractivity contribution in [1.29, 1.82) is 0 Å². The SMILES string of the molecule is COc1cc(S(=O)(=O)O)c(OC)cc1-n1[nH]c(C)cc1=O. The zero-order valence-electron chi connectivity index (χ0n) is 11.6. The first kappa shape index (κ1) is 15.1. The molecule has 0 spiro atoms. The summed E-state index contributed by atoms with van der Waals surface area (Å²) < 4.78 is 43.1. The first-order valence-electron chi connectivity index (χ1n) is 5.80. The molecule has 0 atom stereocenters. The fourth-order valence-electron chi connectivity index (χ4n) is 1.92. The highest BCUT2D eigenvalue weighted by Gasteiger charge is 2.22. The molecule has 114 valence electrons. The molecule has 0 fully saturated rings. The van der Waals surface area contributed by atoms with Crippen molar-refractivity contribution in [3.8, 4) is 17.2 Å². The molecule has 0 amide bonds. The predicted octanol–water partition coefficient (Wildman–Crippen LogP) is 0.738. The first-order chi connectivity index (χ1) is 9.77. The quantitative estimate of drug-likeness (QED) is 0.805. The van der Waals surface area contributed by atoms with Gasteiger partial charge in [-0.1, -0.05) is 0 Å². The normalized spacial score (nSPS) is 11.4. The van der Waals surface area contributed by atoms with E-state index in [4.69, 9.17) is 9.47 Å². The Labute approximate surface area is 120 Å². The Hall–Kier alpha value is -2.26. The lowest BCUT2D eigenvalue weighted by Gasteiger charge is -2.13. The van der Waals surface area contributed by atoms with Gasteiger partial charge in [0.25, 0.3) is 15.7 Å². The first-order valence-corrected chi connectivity index (χ1v) is 7.24. The lowest BCUT2D eigenvalue weighted by molar-refractivity contribution is 0.386. The number of aromatic nitrogens is 2. The van der Waals surface area contributed by atoms with E-state index in [1.165, 1.54) is 31.0 Å². The molecule has 21 heavy (non-hydrogen) atoms. The number of nitrogens with one attached hydrogen (secondary N) is 1. The van der Waals surface area contributed by atoms with Crippen LogP contribution in [0.1, 0.15) is 5.69 Å². The molecule has 2 N–H and O–H groups in total. The number of rotatable bonds is 4. The van der Waals surface area contributed by atoms with Gasteiger partial charge in [-0.3, -0.25) is 14.4 Å². The third kappa shape index (κ3) is 2.78. The Balaban J connectivity index is 2.79. The van der Waals surface area contributed by atoms with Crippen LogP contribution in [0.15, 0.2) is 27.9 Å². The Bertz CT molecular complexity index is 834. The van der Waals surface area contributed by atoms with Crippen LogP contribution in [0.4, 0.5) is 0 Å². The van der Waals surface area contributed by atoms with Gasteiger partial charge in [0.15, 0.2) is 0 Å². The van der Waals surface area contributed by atoms with Crippen molar-refractivity contribution >= 4 is 10.1 Å². The van der Waals surface area contributed by atoms with E-state index in [2.05, 4.69) is 5.10 Å². The smallest absolute Gasteiger partial charge is 0.298 e. The van der Waals surface area contributed by atoms with Crippen LogP contribution in [-0.2, 0) is 10.1 Å². The van der Waals surface area contributed by atoms with Crippen molar-refractivity contribution in [2.24, 2.45) is 0 Å². The summed E-state index contributed by atoms with van der Waals surface area (Å²) in [7, 11) is -1.91. The number of hydrogen-bond acceptors (Lipinski definition) is 5. The Kier molecular flexibility index (Phi) is 3.79. The second-order valence-corrected chi connectivity index (χ2v) is 5.65. The number of H-pyrrole nitrogens is 1. The van der Waals surface area contributed by atoms with Crippen molar-refractivity contribution in [3.63, 3.8) is 0 Å². The number of methoxy groups -OCH3 is 2. The van der Waals surface area contributed by atoms with Crippen molar-refractivity contribution in [3.05, 3.63) is 34.2 Å². The molecule has 0 aliphatic carbocycles. The molecule has 8 nitrogen and oxygen atoms in total. The molecule has 0 saturated heterocycles. The number of benzene rings is 1. The van der Waals surface area contributed by atoms with Gasteiger partial charge in [0, 0.05) is 23.9 Å². The summed E-state index contributed by atoms with van der Waals surface area (Å²) >= 11 is 0. The molecule has 0 aliphatic heterocycles. The summed E-state index contributed by atoms with van der Waals surface area (Å²) in [4.78, 5) is 11.4. The maximum absolute atomic E-state index is 11.9. The second kappa shape index (κ2) is 5.26. The van der Waals surface area contributed by atoms with E-state index < -0.39 is 15.0 Å². The van der Waals surface area contributed by atoms with Gasteiger partial charge in [-0.15, -0.1) is 0 Å². The molecule has 9 heteroatoms. The molecule has 0 radical (unpaired) electrons. The monoisotopic (exact) mass is 314 g/mol. The molecule has 0 bridgehead atoms. The van der Waals surface area contributed by atoms with Gasteiger partial charge >= 0.3 is 0 Å².